The normalized spacial score (nSPS) is 40.3. The van der Waals surface area contributed by atoms with Crippen molar-refractivity contribution in [2.24, 2.45) is 23.7 Å². The van der Waals surface area contributed by atoms with E-state index in [0.29, 0.717) is 36.4 Å². The van der Waals surface area contributed by atoms with E-state index in [-0.39, 0.29) is 18.3 Å². The van der Waals surface area contributed by atoms with Crippen LogP contribution in [0.25, 0.3) is 0 Å². The summed E-state index contributed by atoms with van der Waals surface area (Å²) in [6, 6.07) is 0. The maximum Gasteiger partial charge on any atom is 0.0836 e. The molecule has 4 nitrogen and oxygen atoms in total. The Balaban J connectivity index is 1.90. The molecule has 0 aromatic carbocycles. The summed E-state index contributed by atoms with van der Waals surface area (Å²) in [6.45, 7) is 7.61. The molecule has 136 valence electrons. The zero-order valence-electron chi connectivity index (χ0n) is 15.5. The Morgan fingerprint density at radius 2 is 1.70 bits per heavy atom. The predicted octanol–water partition coefficient (Wildman–Crippen LogP) is 3.26. The summed E-state index contributed by atoms with van der Waals surface area (Å²) >= 11 is 0. The fourth-order valence-corrected chi connectivity index (χ4v) is 4.63. The van der Waals surface area contributed by atoms with Crippen molar-refractivity contribution in [3.05, 3.63) is 0 Å². The van der Waals surface area contributed by atoms with Crippen LogP contribution in [0, 0.1) is 23.7 Å². The number of hydrogen-bond donors (Lipinski definition) is 1. The van der Waals surface area contributed by atoms with Crippen LogP contribution >= 0.6 is 0 Å². The van der Waals surface area contributed by atoms with Crippen molar-refractivity contribution in [1.82, 2.24) is 0 Å². The van der Waals surface area contributed by atoms with Gasteiger partial charge in [-0.25, -0.2) is 0 Å². The largest absolute Gasteiger partial charge is 0.393 e. The zero-order chi connectivity index (χ0) is 17.0. The van der Waals surface area contributed by atoms with Crippen LogP contribution in [0.1, 0.15) is 52.9 Å². The minimum Gasteiger partial charge on any atom is -0.393 e. The Hall–Kier alpha value is -0.160. The van der Waals surface area contributed by atoms with E-state index >= 15 is 0 Å². The second kappa shape index (κ2) is 8.80. The van der Waals surface area contributed by atoms with Gasteiger partial charge >= 0.3 is 0 Å². The van der Waals surface area contributed by atoms with Crippen molar-refractivity contribution < 1.29 is 19.3 Å². The molecule has 1 saturated heterocycles. The van der Waals surface area contributed by atoms with Gasteiger partial charge in [-0.05, 0) is 55.8 Å². The highest BCUT2D eigenvalue weighted by molar-refractivity contribution is 4.87. The summed E-state index contributed by atoms with van der Waals surface area (Å²) in [5, 5.41) is 9.87. The summed E-state index contributed by atoms with van der Waals surface area (Å²) in [5.41, 5.74) is 0. The Morgan fingerprint density at radius 1 is 1.00 bits per heavy atom. The Bertz CT molecular complexity index is 346. The number of hydrogen-bond acceptors (Lipinski definition) is 4. The monoisotopic (exact) mass is 328 g/mol. The molecule has 0 radical (unpaired) electrons. The van der Waals surface area contributed by atoms with Gasteiger partial charge in [0, 0.05) is 14.2 Å². The van der Waals surface area contributed by atoms with Gasteiger partial charge in [-0.15, -0.1) is 0 Å². The fraction of sp³-hybridized carbons (Fsp3) is 1.00. The molecule has 1 aliphatic heterocycles. The van der Waals surface area contributed by atoms with E-state index in [1.165, 1.54) is 0 Å². The second-order valence-electron chi connectivity index (χ2n) is 7.99. The summed E-state index contributed by atoms with van der Waals surface area (Å²) < 4.78 is 17.4. The van der Waals surface area contributed by atoms with Gasteiger partial charge < -0.3 is 19.3 Å². The molecular weight excluding hydrogens is 292 g/mol. The van der Waals surface area contributed by atoms with Crippen LogP contribution in [0.4, 0.5) is 0 Å². The number of methoxy groups -OCH3 is 2. The molecular formula is C19H36O4. The molecule has 4 heteroatoms. The van der Waals surface area contributed by atoms with Gasteiger partial charge in [-0.2, -0.15) is 0 Å². The van der Waals surface area contributed by atoms with Crippen LogP contribution in [0.2, 0.25) is 0 Å². The lowest BCUT2D eigenvalue weighted by atomic mass is 9.74. The van der Waals surface area contributed by atoms with E-state index < -0.39 is 0 Å². The van der Waals surface area contributed by atoms with Crippen molar-refractivity contribution in [3.63, 3.8) is 0 Å². The number of ether oxygens (including phenoxy) is 3. The van der Waals surface area contributed by atoms with Gasteiger partial charge in [0.15, 0.2) is 0 Å². The first kappa shape index (κ1) is 19.2. The van der Waals surface area contributed by atoms with Crippen LogP contribution in [-0.4, -0.2) is 50.3 Å². The highest BCUT2D eigenvalue weighted by Gasteiger charge is 2.37. The second-order valence-corrected chi connectivity index (χ2v) is 7.99. The molecule has 1 N–H and O–H groups in total. The number of aliphatic hydroxyl groups is 1. The Morgan fingerprint density at radius 3 is 2.30 bits per heavy atom. The third-order valence-corrected chi connectivity index (χ3v) is 6.15. The summed E-state index contributed by atoms with van der Waals surface area (Å²) in [5.74, 6) is 2.30. The molecule has 2 fully saturated rings. The van der Waals surface area contributed by atoms with Crippen LogP contribution in [0.5, 0.6) is 0 Å². The first-order valence-corrected chi connectivity index (χ1v) is 9.31. The van der Waals surface area contributed by atoms with E-state index in [1.807, 2.05) is 0 Å². The van der Waals surface area contributed by atoms with E-state index in [1.54, 1.807) is 14.2 Å². The summed E-state index contributed by atoms with van der Waals surface area (Å²) in [7, 11) is 3.57. The van der Waals surface area contributed by atoms with Crippen LogP contribution < -0.4 is 0 Å². The lowest BCUT2D eigenvalue weighted by Gasteiger charge is -2.41. The molecule has 1 heterocycles. The standard InChI is InChI=1S/C19H36O4/c1-12(2)17-10-15(23-11-19(17)22-5)8-13(3)16-7-6-14(20)9-18(16)21-4/h12-20H,6-11H2,1-5H3. The minimum absolute atomic E-state index is 0.185. The molecule has 1 aliphatic carbocycles. The van der Waals surface area contributed by atoms with Gasteiger partial charge in [-0.1, -0.05) is 20.8 Å². The SMILES string of the molecule is COC1COC(CC(C)C2CCC(O)CC2OC)CC1C(C)C. The van der Waals surface area contributed by atoms with E-state index in [9.17, 15) is 5.11 Å². The van der Waals surface area contributed by atoms with Crippen molar-refractivity contribution >= 4 is 0 Å². The minimum atomic E-state index is -0.192. The maximum atomic E-state index is 9.87. The maximum absolute atomic E-state index is 9.87. The average molecular weight is 328 g/mol. The molecule has 2 rings (SSSR count). The van der Waals surface area contributed by atoms with Crippen molar-refractivity contribution in [3.8, 4) is 0 Å². The van der Waals surface area contributed by atoms with Gasteiger partial charge in [0.1, 0.15) is 0 Å². The zero-order valence-corrected chi connectivity index (χ0v) is 15.5. The molecule has 0 spiro atoms. The van der Waals surface area contributed by atoms with Gasteiger partial charge in [-0.3, -0.25) is 0 Å². The fourth-order valence-electron chi connectivity index (χ4n) is 4.63. The molecule has 2 aliphatic rings. The summed E-state index contributed by atoms with van der Waals surface area (Å²) in [6.07, 6.45) is 5.46. The van der Waals surface area contributed by atoms with Crippen molar-refractivity contribution in [2.75, 3.05) is 20.8 Å². The third kappa shape index (κ3) is 4.91. The average Bonchev–Trinajstić information content (AvgIpc) is 2.54. The van der Waals surface area contributed by atoms with Gasteiger partial charge in [0.25, 0.3) is 0 Å². The molecule has 0 amide bonds. The Labute approximate surface area is 141 Å². The van der Waals surface area contributed by atoms with Gasteiger partial charge in [0.2, 0.25) is 0 Å². The lowest BCUT2D eigenvalue weighted by Crippen LogP contribution is -2.43. The Kier molecular flexibility index (Phi) is 7.33. The van der Waals surface area contributed by atoms with Crippen molar-refractivity contribution in [2.45, 2.75) is 77.3 Å². The molecule has 7 atom stereocenters. The van der Waals surface area contributed by atoms with Crippen LogP contribution in [0.15, 0.2) is 0 Å². The van der Waals surface area contributed by atoms with E-state index in [4.69, 9.17) is 14.2 Å². The molecule has 23 heavy (non-hydrogen) atoms. The quantitative estimate of drug-likeness (QED) is 0.813. The summed E-state index contributed by atoms with van der Waals surface area (Å²) in [4.78, 5) is 0. The highest BCUT2D eigenvalue weighted by Crippen LogP contribution is 2.37. The molecule has 7 unspecified atom stereocenters. The molecule has 0 aromatic heterocycles. The number of aliphatic hydroxyl groups excluding tert-OH is 1. The first-order chi connectivity index (χ1) is 11.0. The van der Waals surface area contributed by atoms with E-state index in [0.717, 1.165) is 32.1 Å². The van der Waals surface area contributed by atoms with E-state index in [2.05, 4.69) is 20.8 Å². The number of rotatable bonds is 6. The molecule has 0 bridgehead atoms. The highest BCUT2D eigenvalue weighted by atomic mass is 16.5. The van der Waals surface area contributed by atoms with Gasteiger partial charge in [0.05, 0.1) is 31.0 Å². The van der Waals surface area contributed by atoms with Crippen LogP contribution in [-0.2, 0) is 14.2 Å². The molecule has 1 saturated carbocycles. The van der Waals surface area contributed by atoms with Crippen LogP contribution in [0.3, 0.4) is 0 Å². The lowest BCUT2D eigenvalue weighted by molar-refractivity contribution is -0.124. The first-order valence-electron chi connectivity index (χ1n) is 9.31. The molecule has 0 aromatic rings. The smallest absolute Gasteiger partial charge is 0.0836 e. The third-order valence-electron chi connectivity index (χ3n) is 6.15. The topological polar surface area (TPSA) is 47.9 Å². The predicted molar refractivity (Wildman–Crippen MR) is 91.4 cm³/mol. The van der Waals surface area contributed by atoms with Crippen molar-refractivity contribution in [1.29, 1.82) is 0 Å².